The van der Waals surface area contributed by atoms with E-state index in [0.717, 1.165) is 52.3 Å². The summed E-state index contributed by atoms with van der Waals surface area (Å²) in [5, 5.41) is 1.39. The van der Waals surface area contributed by atoms with Crippen LogP contribution in [0, 0.1) is 0 Å². The molecule has 2 aliphatic heterocycles. The third kappa shape index (κ3) is 2.59. The summed E-state index contributed by atoms with van der Waals surface area (Å²) in [6.45, 7) is 7.95. The van der Waals surface area contributed by atoms with Crippen LogP contribution in [0.4, 0.5) is 0 Å². The van der Waals surface area contributed by atoms with Crippen molar-refractivity contribution in [3.63, 3.8) is 0 Å². The fraction of sp³-hybridized carbons (Fsp3) is 0.579. The van der Waals surface area contributed by atoms with Crippen LogP contribution in [0.1, 0.15) is 24.6 Å². The van der Waals surface area contributed by atoms with E-state index in [1.165, 1.54) is 22.2 Å². The lowest BCUT2D eigenvalue weighted by Gasteiger charge is -2.37. The molecule has 23 heavy (non-hydrogen) atoms. The predicted octanol–water partition coefficient (Wildman–Crippen LogP) is 2.69. The average Bonchev–Trinajstić information content (AvgIpc) is 2.89. The second-order valence-electron chi connectivity index (χ2n) is 6.94. The van der Waals surface area contributed by atoms with Crippen molar-refractivity contribution in [1.29, 1.82) is 0 Å². The maximum atomic E-state index is 6.31. The SMILES string of the molecule is Cn1c2c(c3ccccc31)CCOC2(C)CCN1CCOCC1. The Morgan fingerprint density at radius 1 is 1.13 bits per heavy atom. The summed E-state index contributed by atoms with van der Waals surface area (Å²) in [4.78, 5) is 2.50. The minimum atomic E-state index is -0.195. The first kappa shape index (κ1) is 15.2. The summed E-state index contributed by atoms with van der Waals surface area (Å²) < 4.78 is 14.1. The molecular weight excluding hydrogens is 288 g/mol. The van der Waals surface area contributed by atoms with E-state index in [1.54, 1.807) is 0 Å². The van der Waals surface area contributed by atoms with E-state index in [-0.39, 0.29) is 5.60 Å². The summed E-state index contributed by atoms with van der Waals surface area (Å²) >= 11 is 0. The topological polar surface area (TPSA) is 26.6 Å². The lowest BCUT2D eigenvalue weighted by Crippen LogP contribution is -2.42. The number of hydrogen-bond donors (Lipinski definition) is 0. The smallest absolute Gasteiger partial charge is 0.107 e. The van der Waals surface area contributed by atoms with Crippen molar-refractivity contribution in [3.05, 3.63) is 35.5 Å². The van der Waals surface area contributed by atoms with Crippen LogP contribution in [0.25, 0.3) is 10.9 Å². The Balaban J connectivity index is 1.66. The third-order valence-electron chi connectivity index (χ3n) is 5.49. The van der Waals surface area contributed by atoms with Gasteiger partial charge in [-0.1, -0.05) is 18.2 Å². The first-order valence-electron chi connectivity index (χ1n) is 8.70. The molecule has 1 fully saturated rings. The van der Waals surface area contributed by atoms with Gasteiger partial charge in [-0.25, -0.2) is 0 Å². The standard InChI is InChI=1S/C19H26N2O2/c1-19(8-9-21-10-13-22-14-11-21)18-16(7-12-23-19)15-5-3-4-6-17(15)20(18)2/h3-6H,7-14H2,1-2H3. The zero-order valence-electron chi connectivity index (χ0n) is 14.2. The van der Waals surface area contributed by atoms with Crippen molar-refractivity contribution in [2.45, 2.75) is 25.4 Å². The van der Waals surface area contributed by atoms with Gasteiger partial charge in [0.25, 0.3) is 0 Å². The van der Waals surface area contributed by atoms with Crippen LogP contribution in [-0.4, -0.2) is 48.9 Å². The summed E-state index contributed by atoms with van der Waals surface area (Å²) in [6, 6.07) is 8.74. The molecule has 0 saturated carbocycles. The Kier molecular flexibility index (Phi) is 3.92. The van der Waals surface area contributed by atoms with Gasteiger partial charge in [0.15, 0.2) is 0 Å². The van der Waals surface area contributed by atoms with Gasteiger partial charge in [0, 0.05) is 37.6 Å². The number of aryl methyl sites for hydroxylation is 1. The number of rotatable bonds is 3. The molecule has 0 N–H and O–H groups in total. The maximum Gasteiger partial charge on any atom is 0.107 e. The third-order valence-corrected chi connectivity index (χ3v) is 5.49. The van der Waals surface area contributed by atoms with Gasteiger partial charge in [-0.15, -0.1) is 0 Å². The van der Waals surface area contributed by atoms with Crippen LogP contribution < -0.4 is 0 Å². The molecule has 0 amide bonds. The number of aromatic nitrogens is 1. The molecular formula is C19H26N2O2. The molecule has 124 valence electrons. The molecule has 0 spiro atoms. The predicted molar refractivity (Wildman–Crippen MR) is 91.8 cm³/mol. The van der Waals surface area contributed by atoms with Crippen LogP contribution in [0.2, 0.25) is 0 Å². The van der Waals surface area contributed by atoms with Crippen LogP contribution in [0.15, 0.2) is 24.3 Å². The molecule has 0 bridgehead atoms. The zero-order chi connectivity index (χ0) is 15.9. The summed E-state index contributed by atoms with van der Waals surface area (Å²) in [5.41, 5.74) is 3.98. The van der Waals surface area contributed by atoms with Crippen molar-refractivity contribution < 1.29 is 9.47 Å². The molecule has 4 rings (SSSR count). The number of para-hydroxylation sites is 1. The number of nitrogens with zero attached hydrogens (tertiary/aromatic N) is 2. The Hall–Kier alpha value is -1.36. The van der Waals surface area contributed by atoms with Crippen molar-refractivity contribution in [2.75, 3.05) is 39.5 Å². The molecule has 1 atom stereocenters. The fourth-order valence-electron chi connectivity index (χ4n) is 4.23. The second-order valence-corrected chi connectivity index (χ2v) is 6.94. The van der Waals surface area contributed by atoms with Crippen LogP contribution in [-0.2, 0) is 28.5 Å². The molecule has 1 aromatic heterocycles. The lowest BCUT2D eigenvalue weighted by molar-refractivity contribution is -0.0662. The Morgan fingerprint density at radius 2 is 1.91 bits per heavy atom. The molecule has 2 aliphatic rings. The number of morpholine rings is 1. The lowest BCUT2D eigenvalue weighted by atomic mass is 9.89. The van der Waals surface area contributed by atoms with Crippen molar-refractivity contribution in [2.24, 2.45) is 7.05 Å². The van der Waals surface area contributed by atoms with E-state index in [4.69, 9.17) is 9.47 Å². The van der Waals surface area contributed by atoms with Crippen molar-refractivity contribution in [3.8, 4) is 0 Å². The van der Waals surface area contributed by atoms with Crippen LogP contribution >= 0.6 is 0 Å². The highest BCUT2D eigenvalue weighted by Gasteiger charge is 2.37. The minimum absolute atomic E-state index is 0.195. The average molecular weight is 314 g/mol. The number of fused-ring (bicyclic) bond motifs is 3. The normalized spacial score (nSPS) is 25.7. The van der Waals surface area contributed by atoms with E-state index in [2.05, 4.69) is 47.7 Å². The Labute approximate surface area is 138 Å². The highest BCUT2D eigenvalue weighted by molar-refractivity contribution is 5.86. The van der Waals surface area contributed by atoms with E-state index in [1.807, 2.05) is 0 Å². The second kappa shape index (κ2) is 5.93. The van der Waals surface area contributed by atoms with Gasteiger partial charge in [-0.3, -0.25) is 4.90 Å². The summed E-state index contributed by atoms with van der Waals surface area (Å²) in [5.74, 6) is 0. The van der Waals surface area contributed by atoms with E-state index >= 15 is 0 Å². The zero-order valence-corrected chi connectivity index (χ0v) is 14.2. The molecule has 4 nitrogen and oxygen atoms in total. The monoisotopic (exact) mass is 314 g/mol. The number of ether oxygens (including phenoxy) is 2. The van der Waals surface area contributed by atoms with Gasteiger partial charge >= 0.3 is 0 Å². The largest absolute Gasteiger partial charge is 0.379 e. The maximum absolute atomic E-state index is 6.31. The molecule has 4 heteroatoms. The van der Waals surface area contributed by atoms with Gasteiger partial charge in [0.1, 0.15) is 5.60 Å². The molecule has 3 heterocycles. The first-order chi connectivity index (χ1) is 11.2. The molecule has 1 saturated heterocycles. The molecule has 0 radical (unpaired) electrons. The highest BCUT2D eigenvalue weighted by Crippen LogP contribution is 2.40. The highest BCUT2D eigenvalue weighted by atomic mass is 16.5. The van der Waals surface area contributed by atoms with Gasteiger partial charge in [-0.2, -0.15) is 0 Å². The quantitative estimate of drug-likeness (QED) is 0.871. The van der Waals surface area contributed by atoms with Crippen LogP contribution in [0.5, 0.6) is 0 Å². The summed E-state index contributed by atoms with van der Waals surface area (Å²) in [7, 11) is 2.18. The Bertz CT molecular complexity index is 703. The molecule has 2 aromatic rings. The number of hydrogen-bond acceptors (Lipinski definition) is 3. The van der Waals surface area contributed by atoms with Crippen molar-refractivity contribution >= 4 is 10.9 Å². The van der Waals surface area contributed by atoms with Crippen LogP contribution in [0.3, 0.4) is 0 Å². The first-order valence-corrected chi connectivity index (χ1v) is 8.70. The molecule has 1 aromatic carbocycles. The minimum Gasteiger partial charge on any atom is -0.379 e. The van der Waals surface area contributed by atoms with E-state index in [9.17, 15) is 0 Å². The fourth-order valence-corrected chi connectivity index (χ4v) is 4.23. The van der Waals surface area contributed by atoms with E-state index < -0.39 is 0 Å². The Morgan fingerprint density at radius 3 is 2.74 bits per heavy atom. The molecule has 1 unspecified atom stereocenters. The van der Waals surface area contributed by atoms with Gasteiger partial charge in [0.05, 0.1) is 25.5 Å². The summed E-state index contributed by atoms with van der Waals surface area (Å²) in [6.07, 6.45) is 2.05. The van der Waals surface area contributed by atoms with Gasteiger partial charge in [0.2, 0.25) is 0 Å². The van der Waals surface area contributed by atoms with E-state index in [0.29, 0.717) is 0 Å². The van der Waals surface area contributed by atoms with Gasteiger partial charge < -0.3 is 14.0 Å². The van der Waals surface area contributed by atoms with Crippen molar-refractivity contribution in [1.82, 2.24) is 9.47 Å². The number of benzene rings is 1. The van der Waals surface area contributed by atoms with Gasteiger partial charge in [-0.05, 0) is 31.4 Å². The molecule has 0 aliphatic carbocycles.